The van der Waals surface area contributed by atoms with Gasteiger partial charge in [-0.3, -0.25) is 4.79 Å². The number of likely N-dealkylation sites (tertiary alicyclic amines) is 1. The molecule has 18 heavy (non-hydrogen) atoms. The fourth-order valence-electron chi connectivity index (χ4n) is 1.91. The summed E-state index contributed by atoms with van der Waals surface area (Å²) in [6.07, 6.45) is 2.51. The Hall–Kier alpha value is -0.690. The predicted molar refractivity (Wildman–Crippen MR) is 75.0 cm³/mol. The third kappa shape index (κ3) is 3.00. The van der Waals surface area contributed by atoms with Crippen LogP contribution in [0, 0.1) is 5.92 Å². The molecule has 0 aromatic rings. The number of thiocarbonyl (C=S) groups is 1. The Morgan fingerprint density at radius 1 is 1.33 bits per heavy atom. The highest BCUT2D eigenvalue weighted by molar-refractivity contribution is 7.92. The smallest absolute Gasteiger partial charge is 0.243 e. The molecule has 0 spiro atoms. The van der Waals surface area contributed by atoms with E-state index in [-0.39, 0.29) is 11.8 Å². The van der Waals surface area contributed by atoms with Gasteiger partial charge in [0, 0.05) is 25.3 Å². The van der Waals surface area contributed by atoms with E-state index in [9.17, 15) is 13.2 Å². The summed E-state index contributed by atoms with van der Waals surface area (Å²) in [5, 5.41) is 0. The van der Waals surface area contributed by atoms with Gasteiger partial charge in [-0.1, -0.05) is 12.2 Å². The summed E-state index contributed by atoms with van der Waals surface area (Å²) in [7, 11) is -3.42. The highest BCUT2D eigenvalue weighted by Gasteiger charge is 2.42. The fraction of sp³-hybridized carbons (Fsp3) is 0.818. The van der Waals surface area contributed by atoms with Crippen LogP contribution in [0.3, 0.4) is 0 Å². The normalized spacial score (nSPS) is 18.7. The molecule has 0 aromatic carbocycles. The van der Waals surface area contributed by atoms with Gasteiger partial charge in [0.05, 0.1) is 4.99 Å². The van der Waals surface area contributed by atoms with Crippen molar-refractivity contribution in [3.8, 4) is 0 Å². The second-order valence-corrected chi connectivity index (χ2v) is 8.29. The monoisotopic (exact) mass is 292 g/mol. The number of nitrogens with zero attached hydrogens (tertiary/aromatic N) is 1. The quantitative estimate of drug-likeness (QED) is 0.758. The van der Waals surface area contributed by atoms with E-state index in [1.807, 2.05) is 0 Å². The lowest BCUT2D eigenvalue weighted by Gasteiger charge is -2.35. The van der Waals surface area contributed by atoms with Gasteiger partial charge >= 0.3 is 0 Å². The zero-order valence-electron chi connectivity index (χ0n) is 11.0. The van der Waals surface area contributed by atoms with Gasteiger partial charge in [-0.15, -0.1) is 0 Å². The largest absolute Gasteiger partial charge is 0.393 e. The molecule has 0 aromatic heterocycles. The Balaban J connectivity index is 2.75. The van der Waals surface area contributed by atoms with Gasteiger partial charge in [0.15, 0.2) is 9.84 Å². The van der Waals surface area contributed by atoms with E-state index in [4.69, 9.17) is 18.0 Å². The maximum Gasteiger partial charge on any atom is 0.243 e. The molecule has 0 atom stereocenters. The molecule has 1 rings (SSSR count). The number of rotatable bonds is 3. The van der Waals surface area contributed by atoms with Crippen LogP contribution in [-0.4, -0.2) is 48.3 Å². The molecular formula is C11H20N2O3S2. The molecule has 2 N–H and O–H groups in total. The predicted octanol–water partition coefficient (Wildman–Crippen LogP) is 0.334. The summed E-state index contributed by atoms with van der Waals surface area (Å²) in [6.45, 7) is 3.92. The summed E-state index contributed by atoms with van der Waals surface area (Å²) in [5.74, 6) is -0.184. The average Bonchev–Trinajstić information content (AvgIpc) is 2.26. The van der Waals surface area contributed by atoms with E-state index in [0.29, 0.717) is 30.9 Å². The minimum Gasteiger partial charge on any atom is -0.393 e. The number of hydrogen-bond acceptors (Lipinski definition) is 4. The number of carbonyl (C=O) groups excluding carboxylic acids is 1. The number of carbonyl (C=O) groups is 1. The number of amides is 1. The Labute approximate surface area is 114 Å². The van der Waals surface area contributed by atoms with E-state index in [0.717, 1.165) is 6.26 Å². The summed E-state index contributed by atoms with van der Waals surface area (Å²) in [5.41, 5.74) is 5.58. The second-order valence-electron chi connectivity index (χ2n) is 5.25. The molecule has 0 aliphatic carbocycles. The fourth-order valence-corrected chi connectivity index (χ4v) is 2.59. The van der Waals surface area contributed by atoms with Crippen molar-refractivity contribution in [3.05, 3.63) is 0 Å². The van der Waals surface area contributed by atoms with Crippen molar-refractivity contribution in [2.24, 2.45) is 11.7 Å². The third-order valence-corrected chi connectivity index (χ3v) is 5.99. The van der Waals surface area contributed by atoms with Crippen molar-refractivity contribution >= 4 is 33.0 Å². The second kappa shape index (κ2) is 5.13. The molecule has 7 heteroatoms. The van der Waals surface area contributed by atoms with Crippen LogP contribution >= 0.6 is 12.2 Å². The van der Waals surface area contributed by atoms with Gasteiger partial charge < -0.3 is 10.6 Å². The third-order valence-electron chi connectivity index (χ3n) is 3.63. The van der Waals surface area contributed by atoms with Gasteiger partial charge in [0.2, 0.25) is 5.91 Å². The maximum atomic E-state index is 12.2. The van der Waals surface area contributed by atoms with E-state index in [1.165, 1.54) is 13.8 Å². The van der Waals surface area contributed by atoms with Gasteiger partial charge in [-0.05, 0) is 26.7 Å². The Bertz CT molecular complexity index is 449. The zero-order valence-corrected chi connectivity index (χ0v) is 12.6. The number of hydrogen-bond donors (Lipinski definition) is 1. The first-order chi connectivity index (χ1) is 8.07. The lowest BCUT2D eigenvalue weighted by Crippen LogP contribution is -2.52. The minimum absolute atomic E-state index is 0.158. The van der Waals surface area contributed by atoms with Crippen molar-refractivity contribution in [2.75, 3.05) is 19.3 Å². The first-order valence-electron chi connectivity index (χ1n) is 5.85. The van der Waals surface area contributed by atoms with Crippen molar-refractivity contribution in [1.82, 2.24) is 4.90 Å². The van der Waals surface area contributed by atoms with E-state index in [2.05, 4.69) is 0 Å². The van der Waals surface area contributed by atoms with Crippen LogP contribution in [0.4, 0.5) is 0 Å². The summed E-state index contributed by atoms with van der Waals surface area (Å²) in [6, 6.07) is 0. The van der Waals surface area contributed by atoms with Gasteiger partial charge in [-0.25, -0.2) is 8.42 Å². The van der Waals surface area contributed by atoms with Crippen molar-refractivity contribution < 1.29 is 13.2 Å². The SMILES string of the molecule is CC(C)(C(=O)N1CCC(C(N)=S)CC1)S(C)(=O)=O. The first-order valence-corrected chi connectivity index (χ1v) is 8.15. The molecule has 0 unspecified atom stereocenters. The van der Waals surface area contributed by atoms with Gasteiger partial charge in [0.1, 0.15) is 4.75 Å². The van der Waals surface area contributed by atoms with E-state index >= 15 is 0 Å². The van der Waals surface area contributed by atoms with Crippen LogP contribution in [0.25, 0.3) is 0 Å². The van der Waals surface area contributed by atoms with Crippen molar-refractivity contribution in [2.45, 2.75) is 31.4 Å². The average molecular weight is 292 g/mol. The zero-order chi connectivity index (χ0) is 14.1. The van der Waals surface area contributed by atoms with Crippen LogP contribution < -0.4 is 5.73 Å². The topological polar surface area (TPSA) is 80.5 Å². The molecule has 0 saturated carbocycles. The summed E-state index contributed by atoms with van der Waals surface area (Å²) >= 11 is 4.93. The molecule has 0 radical (unpaired) electrons. The Morgan fingerprint density at radius 2 is 1.78 bits per heavy atom. The van der Waals surface area contributed by atoms with Crippen molar-refractivity contribution in [1.29, 1.82) is 0 Å². The van der Waals surface area contributed by atoms with Crippen molar-refractivity contribution in [3.63, 3.8) is 0 Å². The van der Waals surface area contributed by atoms with E-state index in [1.54, 1.807) is 4.90 Å². The van der Waals surface area contributed by atoms with E-state index < -0.39 is 14.6 Å². The molecule has 1 heterocycles. The summed E-state index contributed by atoms with van der Waals surface area (Å²) in [4.78, 5) is 14.3. The Kier molecular flexibility index (Phi) is 4.38. The van der Waals surface area contributed by atoms with Gasteiger partial charge in [-0.2, -0.15) is 0 Å². The Morgan fingerprint density at radius 3 is 2.11 bits per heavy atom. The molecule has 104 valence electrons. The van der Waals surface area contributed by atoms with Crippen LogP contribution in [0.1, 0.15) is 26.7 Å². The molecular weight excluding hydrogens is 272 g/mol. The first kappa shape index (κ1) is 15.4. The highest BCUT2D eigenvalue weighted by atomic mass is 32.2. The molecule has 0 bridgehead atoms. The summed E-state index contributed by atoms with van der Waals surface area (Å²) < 4.78 is 21.9. The number of sulfone groups is 1. The maximum absolute atomic E-state index is 12.2. The van der Waals surface area contributed by atoms with Gasteiger partial charge in [0.25, 0.3) is 0 Å². The minimum atomic E-state index is -3.42. The standard InChI is InChI=1S/C11H20N2O3S2/c1-11(2,18(3,15)16)10(14)13-6-4-8(5-7-13)9(12)17/h8H,4-7H2,1-3H3,(H2,12,17). The van der Waals surface area contributed by atoms with Crippen LogP contribution in [0.5, 0.6) is 0 Å². The molecule has 5 nitrogen and oxygen atoms in total. The number of piperidine rings is 1. The molecule has 1 aliphatic rings. The lowest BCUT2D eigenvalue weighted by atomic mass is 9.96. The number of nitrogens with two attached hydrogens (primary N) is 1. The lowest BCUT2D eigenvalue weighted by molar-refractivity contribution is -0.134. The van der Waals surface area contributed by atoms with Crippen LogP contribution in [0.2, 0.25) is 0 Å². The highest BCUT2D eigenvalue weighted by Crippen LogP contribution is 2.23. The molecule has 1 aliphatic heterocycles. The molecule has 1 fully saturated rings. The van der Waals surface area contributed by atoms with Crippen LogP contribution in [0.15, 0.2) is 0 Å². The molecule has 1 saturated heterocycles. The molecule has 1 amide bonds. The van der Waals surface area contributed by atoms with Crippen LogP contribution in [-0.2, 0) is 14.6 Å².